The molecule has 7 atom stereocenters. The van der Waals surface area contributed by atoms with Crippen molar-refractivity contribution >= 4 is 11.7 Å². The van der Waals surface area contributed by atoms with Crippen molar-refractivity contribution in [3.63, 3.8) is 0 Å². The van der Waals surface area contributed by atoms with Gasteiger partial charge in [0.1, 0.15) is 12.2 Å². The highest BCUT2D eigenvalue weighted by Gasteiger charge is 2.45. The number of ketones is 1. The van der Waals surface area contributed by atoms with Crippen LogP contribution in [0.1, 0.15) is 79.1 Å². The standard InChI is InChI=1S/C34H47NO11.H2O2/c1-19-8-6-10-22(17-36)33(39)35-23-12-13-24-25(16-23)30(46-41)21(3)26-18-44-34(4,32(38)28(24)26)43-15-7-9-20(2)29(45-40)31(42-5)27(37)14-11-19;1-2/h6-8,10,15,19-20,23,27,29,31,36-37,40-41H,9,11-14,16-18H2,1-5H3,(H,35,39);1-2H/b8-6+,15-7+,22-10-;/t19?,20?,23?,27?,29?,31-,34+;/m1./s1. The van der Waals surface area contributed by atoms with Gasteiger partial charge in [0, 0.05) is 42.3 Å². The Morgan fingerprint density at radius 2 is 1.79 bits per heavy atom. The summed E-state index contributed by atoms with van der Waals surface area (Å²) in [6.45, 7) is 6.67. The number of carbonyl (C=O) groups is 2. The van der Waals surface area contributed by atoms with Crippen LogP contribution >= 0.6 is 0 Å². The van der Waals surface area contributed by atoms with Crippen LogP contribution in [0, 0.1) is 18.8 Å². The Labute approximate surface area is 280 Å². The molecule has 0 saturated carbocycles. The summed E-state index contributed by atoms with van der Waals surface area (Å²) in [5.41, 5.74) is 3.14. The maximum absolute atomic E-state index is 14.0. The number of aliphatic hydroxyl groups is 2. The molecule has 1 aromatic rings. The fourth-order valence-electron chi connectivity index (χ4n) is 6.59. The zero-order valence-electron chi connectivity index (χ0n) is 28.0. The van der Waals surface area contributed by atoms with Crippen LogP contribution in [-0.4, -0.2) is 86.8 Å². The first-order valence-electron chi connectivity index (χ1n) is 16.0. The van der Waals surface area contributed by atoms with Crippen molar-refractivity contribution in [1.29, 1.82) is 0 Å². The zero-order chi connectivity index (χ0) is 35.6. The smallest absolute Gasteiger partial charge is 0.271 e. The van der Waals surface area contributed by atoms with Crippen LogP contribution in [0.5, 0.6) is 5.75 Å². The molecule has 0 spiro atoms. The van der Waals surface area contributed by atoms with Crippen molar-refractivity contribution in [2.75, 3.05) is 13.7 Å². The summed E-state index contributed by atoms with van der Waals surface area (Å²) in [4.78, 5) is 36.8. The molecule has 1 aromatic carbocycles. The van der Waals surface area contributed by atoms with Gasteiger partial charge in [-0.1, -0.05) is 32.1 Å². The number of amides is 1. The average Bonchev–Trinajstić information content (AvgIpc) is 3.08. The fraction of sp³-hybridized carbons (Fsp3) is 0.588. The molecule has 14 heteroatoms. The van der Waals surface area contributed by atoms with Gasteiger partial charge in [-0.05, 0) is 74.5 Å². The fourth-order valence-corrected chi connectivity index (χ4v) is 6.59. The first-order chi connectivity index (χ1) is 23.0. The number of ether oxygens (including phenoxy) is 3. The predicted octanol–water partition coefficient (Wildman–Crippen LogP) is 3.96. The first kappa shape index (κ1) is 39.3. The van der Waals surface area contributed by atoms with Crippen LogP contribution in [0.25, 0.3) is 0 Å². The third kappa shape index (κ3) is 8.69. The lowest BCUT2D eigenvalue weighted by Crippen LogP contribution is -2.46. The van der Waals surface area contributed by atoms with Gasteiger partial charge in [-0.25, -0.2) is 10.1 Å². The van der Waals surface area contributed by atoms with E-state index in [4.69, 9.17) is 34.5 Å². The lowest BCUT2D eigenvalue weighted by atomic mass is 9.78. The van der Waals surface area contributed by atoms with Crippen LogP contribution in [0.3, 0.4) is 0 Å². The molecule has 3 aliphatic heterocycles. The Hall–Kier alpha value is -3.18. The minimum atomic E-state index is -1.63. The second kappa shape index (κ2) is 18.0. The van der Waals surface area contributed by atoms with E-state index in [9.17, 15) is 30.3 Å². The summed E-state index contributed by atoms with van der Waals surface area (Å²) in [5, 5.41) is 55.5. The van der Waals surface area contributed by atoms with Crippen molar-refractivity contribution in [1.82, 2.24) is 5.32 Å². The monoisotopic (exact) mass is 679 g/mol. The van der Waals surface area contributed by atoms with Gasteiger partial charge in [-0.3, -0.25) is 25.4 Å². The van der Waals surface area contributed by atoms with E-state index in [1.54, 1.807) is 32.1 Å². The Balaban J connectivity index is 0.00000307. The third-order valence-corrected chi connectivity index (χ3v) is 9.46. The van der Waals surface area contributed by atoms with Gasteiger partial charge in [0.15, 0.2) is 5.75 Å². The van der Waals surface area contributed by atoms with Crippen LogP contribution in [-0.2, 0) is 43.3 Å². The molecule has 4 aliphatic rings. The number of hydrogen-bond donors (Lipinski definition) is 7. The van der Waals surface area contributed by atoms with Crippen LogP contribution < -0.4 is 10.2 Å². The summed E-state index contributed by atoms with van der Waals surface area (Å²) >= 11 is 0. The van der Waals surface area contributed by atoms with E-state index in [0.29, 0.717) is 66.3 Å². The molecule has 1 aliphatic carbocycles. The van der Waals surface area contributed by atoms with Crippen molar-refractivity contribution in [3.8, 4) is 5.75 Å². The molecule has 48 heavy (non-hydrogen) atoms. The van der Waals surface area contributed by atoms with Gasteiger partial charge in [-0.15, -0.1) is 0 Å². The number of methoxy groups -OCH3 is 1. The number of aliphatic hydroxyl groups excluding tert-OH is 2. The predicted molar refractivity (Wildman–Crippen MR) is 172 cm³/mol. The number of carbonyl (C=O) groups excluding carboxylic acids is 2. The van der Waals surface area contributed by atoms with Crippen molar-refractivity contribution in [3.05, 3.63) is 64.0 Å². The van der Waals surface area contributed by atoms with Crippen molar-refractivity contribution in [2.24, 2.45) is 11.8 Å². The molecule has 1 amide bonds. The normalized spacial score (nSPS) is 32.4. The molecule has 0 fully saturated rings. The maximum Gasteiger partial charge on any atom is 0.271 e. The number of benzene rings is 1. The maximum atomic E-state index is 14.0. The number of hydrogen-bond acceptors (Lipinski definition) is 13. The van der Waals surface area contributed by atoms with Gasteiger partial charge >= 0.3 is 0 Å². The van der Waals surface area contributed by atoms with Crippen molar-refractivity contribution in [2.45, 2.75) is 103 Å². The highest BCUT2D eigenvalue weighted by atomic mass is 17.1. The zero-order valence-corrected chi connectivity index (χ0v) is 28.0. The van der Waals surface area contributed by atoms with Gasteiger partial charge in [0.25, 0.3) is 5.79 Å². The van der Waals surface area contributed by atoms with Crippen molar-refractivity contribution < 1.29 is 64.8 Å². The third-order valence-electron chi connectivity index (χ3n) is 9.46. The molecule has 5 rings (SSSR count). The summed E-state index contributed by atoms with van der Waals surface area (Å²) in [6.07, 6.45) is 8.19. The highest BCUT2D eigenvalue weighted by molar-refractivity contribution is 6.05. The Bertz CT molecular complexity index is 1360. The average molecular weight is 680 g/mol. The second-order valence-corrected chi connectivity index (χ2v) is 12.7. The molecule has 14 nitrogen and oxygen atoms in total. The molecule has 0 aromatic heterocycles. The molecular weight excluding hydrogens is 630 g/mol. The minimum Gasteiger partial charge on any atom is -0.463 e. The van der Waals surface area contributed by atoms with Gasteiger partial charge in [0.2, 0.25) is 11.7 Å². The van der Waals surface area contributed by atoms with E-state index in [-0.39, 0.29) is 41.6 Å². The molecular formula is C34H49NO13. The SMILES string of the molecule is CO[C@@H]1C(O)CCC(C)/C=C/C=C(/CO)C(=O)NC2CCc3c(c(OO)c(C)c4c3C(=O)[C@@](C)(O/C=C/CC(C)C1OO)OC4)C2.OO. The minimum absolute atomic E-state index is 0.0230. The molecule has 7 N–H and O–H groups in total. The topological polar surface area (TPSA) is 214 Å². The van der Waals surface area contributed by atoms with E-state index in [0.717, 1.165) is 0 Å². The van der Waals surface area contributed by atoms with E-state index >= 15 is 0 Å². The number of rotatable bonds is 4. The largest absolute Gasteiger partial charge is 0.463 e. The quantitative estimate of drug-likeness (QED) is 0.178. The number of nitrogens with one attached hydrogen (secondary N) is 1. The number of fused-ring (bicyclic) bond motifs is 14. The van der Waals surface area contributed by atoms with E-state index < -0.39 is 36.6 Å². The van der Waals surface area contributed by atoms with Crippen LogP contribution in [0.4, 0.5) is 0 Å². The summed E-state index contributed by atoms with van der Waals surface area (Å²) in [5.74, 6) is -2.48. The summed E-state index contributed by atoms with van der Waals surface area (Å²) < 4.78 is 17.4. The lowest BCUT2D eigenvalue weighted by Gasteiger charge is -2.37. The Morgan fingerprint density at radius 3 is 2.44 bits per heavy atom. The van der Waals surface area contributed by atoms with Gasteiger partial charge < -0.3 is 34.6 Å². The van der Waals surface area contributed by atoms with Gasteiger partial charge in [0.05, 0.1) is 25.6 Å². The molecule has 5 unspecified atom stereocenters. The second-order valence-electron chi connectivity index (χ2n) is 12.7. The Kier molecular flexibility index (Phi) is 14.7. The summed E-state index contributed by atoms with van der Waals surface area (Å²) in [6, 6.07) is -0.334. The molecule has 268 valence electrons. The summed E-state index contributed by atoms with van der Waals surface area (Å²) in [7, 11) is 1.44. The molecule has 5 bridgehead atoms. The van der Waals surface area contributed by atoms with Crippen LogP contribution in [0.15, 0.2) is 36.1 Å². The number of allylic oxidation sites excluding steroid dienone is 4. The highest BCUT2D eigenvalue weighted by Crippen LogP contribution is 2.43. The first-order valence-corrected chi connectivity index (χ1v) is 16.0. The lowest BCUT2D eigenvalue weighted by molar-refractivity contribution is -0.316. The Morgan fingerprint density at radius 1 is 1.06 bits per heavy atom. The van der Waals surface area contributed by atoms with E-state index in [2.05, 4.69) is 5.32 Å². The van der Waals surface area contributed by atoms with E-state index in [1.165, 1.54) is 13.4 Å². The van der Waals surface area contributed by atoms with Gasteiger partial charge in [-0.2, -0.15) is 0 Å². The molecule has 0 radical (unpaired) electrons. The van der Waals surface area contributed by atoms with E-state index in [1.807, 2.05) is 19.9 Å². The molecule has 3 heterocycles. The van der Waals surface area contributed by atoms with Crippen LogP contribution in [0.2, 0.25) is 0 Å². The number of Topliss-reactive ketones (excluding diaryl/α,β-unsaturated/α-hetero) is 1. The molecule has 0 saturated heterocycles.